The van der Waals surface area contributed by atoms with Gasteiger partial charge in [0.15, 0.2) is 0 Å². The lowest BCUT2D eigenvalue weighted by molar-refractivity contribution is -0.145. The lowest BCUT2D eigenvalue weighted by Crippen LogP contribution is -2.59. The molecule has 0 amide bonds. The third-order valence-corrected chi connectivity index (χ3v) is 6.19. The smallest absolute Gasteiger partial charge is 0.120 e. The van der Waals surface area contributed by atoms with Gasteiger partial charge in [-0.05, 0) is 80.4 Å². The van der Waals surface area contributed by atoms with E-state index in [-0.39, 0.29) is 5.60 Å². The lowest BCUT2D eigenvalue weighted by Gasteiger charge is -2.59. The summed E-state index contributed by atoms with van der Waals surface area (Å²) < 4.78 is 6.57. The highest BCUT2D eigenvalue weighted by atomic mass is 16.5. The monoisotopic (exact) mass is 268 g/mol. The molecule has 4 aliphatic rings. The molecule has 106 valence electrons. The second-order valence-corrected chi connectivity index (χ2v) is 7.37. The van der Waals surface area contributed by atoms with E-state index in [4.69, 9.17) is 4.74 Å². The second-order valence-electron chi connectivity index (χ2n) is 7.37. The van der Waals surface area contributed by atoms with Crippen LogP contribution in [0, 0.1) is 23.7 Å². The summed E-state index contributed by atoms with van der Waals surface area (Å²) in [5.41, 5.74) is 1.21. The third-order valence-electron chi connectivity index (χ3n) is 6.19. The molecule has 0 heterocycles. The Morgan fingerprint density at radius 2 is 1.75 bits per heavy atom. The van der Waals surface area contributed by atoms with E-state index in [0.717, 1.165) is 35.0 Å². The first-order valence-electron chi connectivity index (χ1n) is 8.09. The molecular weight excluding hydrogens is 244 g/mol. The Morgan fingerprint density at radius 1 is 1.10 bits per heavy atom. The van der Waals surface area contributed by atoms with Gasteiger partial charge in [0.1, 0.15) is 11.4 Å². The highest BCUT2D eigenvalue weighted by Crippen LogP contribution is 2.59. The van der Waals surface area contributed by atoms with Crippen LogP contribution >= 0.6 is 0 Å². The highest BCUT2D eigenvalue weighted by Gasteiger charge is 2.56. The molecule has 20 heavy (non-hydrogen) atoms. The second kappa shape index (κ2) is 4.38. The molecule has 1 aromatic rings. The van der Waals surface area contributed by atoms with Crippen molar-refractivity contribution >= 4 is 6.08 Å². The zero-order chi connectivity index (χ0) is 13.7. The zero-order valence-electron chi connectivity index (χ0n) is 12.3. The van der Waals surface area contributed by atoms with E-state index in [1.165, 1.54) is 32.1 Å². The van der Waals surface area contributed by atoms with Gasteiger partial charge in [-0.25, -0.2) is 0 Å². The van der Waals surface area contributed by atoms with Gasteiger partial charge in [0.25, 0.3) is 0 Å². The Kier molecular flexibility index (Phi) is 2.73. The van der Waals surface area contributed by atoms with Gasteiger partial charge in [0.2, 0.25) is 0 Å². The fourth-order valence-electron chi connectivity index (χ4n) is 5.25. The highest BCUT2D eigenvalue weighted by molar-refractivity contribution is 5.49. The zero-order valence-corrected chi connectivity index (χ0v) is 12.3. The van der Waals surface area contributed by atoms with E-state index in [1.54, 1.807) is 0 Å². The predicted octanol–water partition coefficient (Wildman–Crippen LogP) is 4.92. The van der Waals surface area contributed by atoms with E-state index >= 15 is 0 Å². The van der Waals surface area contributed by atoms with Gasteiger partial charge in [0.05, 0.1) is 0 Å². The third kappa shape index (κ3) is 1.82. The van der Waals surface area contributed by atoms with Crippen LogP contribution in [0.2, 0.25) is 0 Å². The van der Waals surface area contributed by atoms with Gasteiger partial charge < -0.3 is 4.74 Å². The molecule has 0 N–H and O–H groups in total. The van der Waals surface area contributed by atoms with Crippen molar-refractivity contribution < 1.29 is 4.74 Å². The number of benzene rings is 1. The van der Waals surface area contributed by atoms with Crippen molar-refractivity contribution in [3.63, 3.8) is 0 Å². The number of ether oxygens (including phenoxy) is 1. The Hall–Kier alpha value is -1.24. The topological polar surface area (TPSA) is 9.23 Å². The van der Waals surface area contributed by atoms with Crippen LogP contribution in [-0.2, 0) is 0 Å². The normalized spacial score (nSPS) is 41.6. The number of rotatable bonds is 3. The first kappa shape index (κ1) is 12.5. The van der Waals surface area contributed by atoms with Crippen molar-refractivity contribution in [2.45, 2.75) is 44.6 Å². The van der Waals surface area contributed by atoms with Crippen LogP contribution < -0.4 is 4.74 Å². The van der Waals surface area contributed by atoms with E-state index in [0.29, 0.717) is 0 Å². The summed E-state index contributed by atoms with van der Waals surface area (Å²) in [5, 5.41) is 0. The summed E-state index contributed by atoms with van der Waals surface area (Å²) in [6.45, 7) is 6.23. The molecule has 0 atom stereocenters. The van der Waals surface area contributed by atoms with Gasteiger partial charge in [-0.3, -0.25) is 0 Å². The molecule has 5 rings (SSSR count). The Balaban J connectivity index is 1.62. The summed E-state index contributed by atoms with van der Waals surface area (Å²) in [6.07, 6.45) is 8.96. The number of hydrogen-bond donors (Lipinski definition) is 0. The summed E-state index contributed by atoms with van der Waals surface area (Å²) in [7, 11) is 0. The standard InChI is InChI=1S/C19H24O/c1-3-13-5-4-6-18(12-13)20-19(2)16-8-14-7-15(10-16)11-17(19)9-14/h3-6,12,14-17H,1,7-11H2,2H3. The quantitative estimate of drug-likeness (QED) is 0.755. The Labute approximate surface area is 122 Å². The maximum absolute atomic E-state index is 6.57. The van der Waals surface area contributed by atoms with Gasteiger partial charge in [-0.2, -0.15) is 0 Å². The molecule has 0 aliphatic heterocycles. The first-order chi connectivity index (χ1) is 9.67. The Morgan fingerprint density at radius 3 is 2.35 bits per heavy atom. The molecule has 1 heteroatoms. The lowest BCUT2D eigenvalue weighted by atomic mass is 9.50. The fourth-order valence-corrected chi connectivity index (χ4v) is 5.25. The fraction of sp³-hybridized carbons (Fsp3) is 0.579. The maximum atomic E-state index is 6.57. The Bertz CT molecular complexity index is 502. The molecule has 0 unspecified atom stereocenters. The minimum absolute atomic E-state index is 0.0627. The molecule has 0 spiro atoms. The molecule has 4 aliphatic carbocycles. The van der Waals surface area contributed by atoms with E-state index in [2.05, 4.69) is 37.8 Å². The SMILES string of the molecule is C=Cc1cccc(OC2(C)C3CC4CC(C3)CC2C4)c1. The van der Waals surface area contributed by atoms with Crippen LogP contribution in [0.1, 0.15) is 44.6 Å². The van der Waals surface area contributed by atoms with Crippen molar-refractivity contribution in [2.24, 2.45) is 23.7 Å². The van der Waals surface area contributed by atoms with Gasteiger partial charge >= 0.3 is 0 Å². The minimum atomic E-state index is 0.0627. The van der Waals surface area contributed by atoms with Crippen molar-refractivity contribution in [3.8, 4) is 5.75 Å². The molecule has 1 nitrogen and oxygen atoms in total. The van der Waals surface area contributed by atoms with E-state index in [1.807, 2.05) is 6.08 Å². The van der Waals surface area contributed by atoms with Crippen molar-refractivity contribution in [2.75, 3.05) is 0 Å². The van der Waals surface area contributed by atoms with Crippen LogP contribution in [0.15, 0.2) is 30.8 Å². The molecule has 4 saturated carbocycles. The van der Waals surface area contributed by atoms with Crippen molar-refractivity contribution in [3.05, 3.63) is 36.4 Å². The van der Waals surface area contributed by atoms with Crippen LogP contribution in [0.3, 0.4) is 0 Å². The van der Waals surface area contributed by atoms with Gasteiger partial charge in [0, 0.05) is 0 Å². The summed E-state index contributed by atoms with van der Waals surface area (Å²) in [6, 6.07) is 8.39. The molecule has 1 aromatic carbocycles. The molecule has 0 aromatic heterocycles. The van der Waals surface area contributed by atoms with Crippen LogP contribution in [0.4, 0.5) is 0 Å². The van der Waals surface area contributed by atoms with Crippen LogP contribution in [-0.4, -0.2) is 5.60 Å². The van der Waals surface area contributed by atoms with Gasteiger partial charge in [-0.15, -0.1) is 0 Å². The molecular formula is C19H24O. The summed E-state index contributed by atoms with van der Waals surface area (Å²) >= 11 is 0. The van der Waals surface area contributed by atoms with E-state index in [9.17, 15) is 0 Å². The minimum Gasteiger partial charge on any atom is -0.487 e. The number of hydrogen-bond acceptors (Lipinski definition) is 1. The van der Waals surface area contributed by atoms with Crippen molar-refractivity contribution in [1.82, 2.24) is 0 Å². The van der Waals surface area contributed by atoms with Crippen LogP contribution in [0.5, 0.6) is 5.75 Å². The van der Waals surface area contributed by atoms with E-state index < -0.39 is 0 Å². The van der Waals surface area contributed by atoms with Crippen LogP contribution in [0.25, 0.3) is 6.08 Å². The predicted molar refractivity (Wildman–Crippen MR) is 82.6 cm³/mol. The molecule has 0 saturated heterocycles. The summed E-state index contributed by atoms with van der Waals surface area (Å²) in [5.74, 6) is 4.55. The average molecular weight is 268 g/mol. The average Bonchev–Trinajstić information content (AvgIpc) is 2.44. The first-order valence-corrected chi connectivity index (χ1v) is 8.09. The summed E-state index contributed by atoms with van der Waals surface area (Å²) in [4.78, 5) is 0. The largest absolute Gasteiger partial charge is 0.487 e. The van der Waals surface area contributed by atoms with Crippen molar-refractivity contribution in [1.29, 1.82) is 0 Å². The van der Waals surface area contributed by atoms with Gasteiger partial charge in [-0.1, -0.05) is 24.8 Å². The maximum Gasteiger partial charge on any atom is 0.120 e. The molecule has 4 bridgehead atoms. The molecule has 4 fully saturated rings. The molecule has 0 radical (unpaired) electrons.